The summed E-state index contributed by atoms with van der Waals surface area (Å²) in [7, 11) is 1.55. The molecule has 9 nitrogen and oxygen atoms in total. The van der Waals surface area contributed by atoms with E-state index in [-0.39, 0.29) is 23.9 Å². The van der Waals surface area contributed by atoms with E-state index in [1.54, 1.807) is 31.3 Å². The zero-order valence-corrected chi connectivity index (χ0v) is 14.6. The Kier molecular flexibility index (Phi) is 4.93. The number of carbonyl (C=O) groups excluding carboxylic acids is 2. The van der Waals surface area contributed by atoms with Gasteiger partial charge in [0.2, 0.25) is 6.79 Å². The lowest BCUT2D eigenvalue weighted by molar-refractivity contribution is -0.385. The molecule has 0 spiro atoms. The van der Waals surface area contributed by atoms with Crippen LogP contribution in [0.3, 0.4) is 0 Å². The van der Waals surface area contributed by atoms with Crippen LogP contribution in [0.5, 0.6) is 11.5 Å². The Bertz CT molecular complexity index is 898. The molecule has 1 unspecified atom stereocenters. The Morgan fingerprint density at radius 2 is 1.81 bits per heavy atom. The monoisotopic (exact) mass is 372 g/mol. The lowest BCUT2D eigenvalue weighted by Gasteiger charge is -2.21. The van der Waals surface area contributed by atoms with E-state index < -0.39 is 28.6 Å². The number of fused-ring (bicyclic) bond motifs is 1. The highest BCUT2D eigenvalue weighted by Crippen LogP contribution is 2.38. The first kappa shape index (κ1) is 18.2. The zero-order valence-electron chi connectivity index (χ0n) is 14.6. The number of amides is 1. The summed E-state index contributed by atoms with van der Waals surface area (Å²) in [5.41, 5.74) is -0.175. The highest BCUT2D eigenvalue weighted by Gasteiger charge is 2.31. The molecular weight excluding hydrogens is 356 g/mol. The Morgan fingerprint density at radius 3 is 2.44 bits per heavy atom. The van der Waals surface area contributed by atoms with Crippen LogP contribution in [0.15, 0.2) is 42.5 Å². The van der Waals surface area contributed by atoms with E-state index in [9.17, 15) is 19.7 Å². The van der Waals surface area contributed by atoms with Gasteiger partial charge in [-0.1, -0.05) is 18.2 Å². The number of ether oxygens (including phenoxy) is 3. The summed E-state index contributed by atoms with van der Waals surface area (Å²) in [6.07, 6.45) is -1.15. The first-order chi connectivity index (χ1) is 12.9. The van der Waals surface area contributed by atoms with Crippen molar-refractivity contribution in [3.8, 4) is 11.5 Å². The number of nitro groups is 1. The van der Waals surface area contributed by atoms with E-state index in [2.05, 4.69) is 0 Å². The van der Waals surface area contributed by atoms with Crippen LogP contribution in [0.2, 0.25) is 0 Å². The Labute approximate surface area is 154 Å². The van der Waals surface area contributed by atoms with Crippen LogP contribution >= 0.6 is 0 Å². The number of rotatable bonds is 5. The van der Waals surface area contributed by atoms with Crippen molar-refractivity contribution in [1.29, 1.82) is 0 Å². The van der Waals surface area contributed by atoms with E-state index in [1.165, 1.54) is 17.9 Å². The fraction of sp³-hybridized carbons (Fsp3) is 0.222. The highest BCUT2D eigenvalue weighted by molar-refractivity contribution is 6.00. The van der Waals surface area contributed by atoms with Gasteiger partial charge in [0.1, 0.15) is 5.56 Å². The molecule has 1 aliphatic rings. The van der Waals surface area contributed by atoms with Crippen LogP contribution < -0.4 is 14.4 Å². The summed E-state index contributed by atoms with van der Waals surface area (Å²) >= 11 is 0. The number of esters is 1. The molecule has 0 aromatic heterocycles. The summed E-state index contributed by atoms with van der Waals surface area (Å²) in [5, 5.41) is 11.3. The van der Waals surface area contributed by atoms with Gasteiger partial charge in [0.05, 0.1) is 11.0 Å². The smallest absolute Gasteiger partial charge is 0.346 e. The SMILES string of the molecule is CC(OC(=O)c1cc2c(cc1[N+](=O)[O-])OCO2)C(=O)N(C)c1ccccc1. The zero-order chi connectivity index (χ0) is 19.6. The maximum Gasteiger partial charge on any atom is 0.346 e. The number of benzene rings is 2. The summed E-state index contributed by atoms with van der Waals surface area (Å²) < 4.78 is 15.4. The maximum absolute atomic E-state index is 12.5. The van der Waals surface area contributed by atoms with Crippen molar-refractivity contribution in [3.63, 3.8) is 0 Å². The Morgan fingerprint density at radius 1 is 1.19 bits per heavy atom. The average Bonchev–Trinajstić information content (AvgIpc) is 3.13. The molecule has 0 aliphatic carbocycles. The van der Waals surface area contributed by atoms with Crippen molar-refractivity contribution in [3.05, 3.63) is 58.1 Å². The number of carbonyl (C=O) groups is 2. The third-order valence-electron chi connectivity index (χ3n) is 4.01. The van der Waals surface area contributed by atoms with Crippen LogP contribution in [-0.4, -0.2) is 36.7 Å². The number of para-hydroxylation sites is 1. The van der Waals surface area contributed by atoms with E-state index in [0.29, 0.717) is 5.69 Å². The van der Waals surface area contributed by atoms with E-state index in [4.69, 9.17) is 14.2 Å². The van der Waals surface area contributed by atoms with Crippen LogP contribution in [0.4, 0.5) is 11.4 Å². The van der Waals surface area contributed by atoms with Gasteiger partial charge >= 0.3 is 5.97 Å². The van der Waals surface area contributed by atoms with Gasteiger partial charge in [-0.3, -0.25) is 14.9 Å². The molecule has 1 amide bonds. The molecule has 2 aromatic rings. The Hall–Kier alpha value is -3.62. The van der Waals surface area contributed by atoms with Gasteiger partial charge in [0.15, 0.2) is 17.6 Å². The third kappa shape index (κ3) is 3.66. The van der Waals surface area contributed by atoms with Gasteiger partial charge in [-0.25, -0.2) is 4.79 Å². The molecule has 2 aromatic carbocycles. The molecule has 1 heterocycles. The quantitative estimate of drug-likeness (QED) is 0.451. The highest BCUT2D eigenvalue weighted by atomic mass is 16.7. The molecule has 9 heteroatoms. The fourth-order valence-corrected chi connectivity index (χ4v) is 2.57. The number of hydrogen-bond donors (Lipinski definition) is 0. The number of nitro benzene ring substituents is 1. The number of nitrogens with zero attached hydrogens (tertiary/aromatic N) is 2. The molecule has 0 bridgehead atoms. The summed E-state index contributed by atoms with van der Waals surface area (Å²) in [6.45, 7) is 1.31. The van der Waals surface area contributed by atoms with Gasteiger partial charge in [-0.05, 0) is 19.1 Å². The second-order valence-corrected chi connectivity index (χ2v) is 5.76. The molecule has 1 aliphatic heterocycles. The molecule has 1 atom stereocenters. The van der Waals surface area contributed by atoms with Crippen molar-refractivity contribution in [2.45, 2.75) is 13.0 Å². The number of likely N-dealkylation sites (N-methyl/N-ethyl adjacent to an activating group) is 1. The minimum absolute atomic E-state index is 0.0955. The fourth-order valence-electron chi connectivity index (χ4n) is 2.57. The maximum atomic E-state index is 12.5. The van der Waals surface area contributed by atoms with Crippen molar-refractivity contribution in [2.75, 3.05) is 18.7 Å². The van der Waals surface area contributed by atoms with Gasteiger partial charge in [0, 0.05) is 18.8 Å². The summed E-state index contributed by atoms with van der Waals surface area (Å²) in [4.78, 5) is 36.8. The molecule has 0 saturated carbocycles. The largest absolute Gasteiger partial charge is 0.454 e. The summed E-state index contributed by atoms with van der Waals surface area (Å²) in [6, 6.07) is 11.1. The van der Waals surface area contributed by atoms with E-state index in [1.807, 2.05) is 6.07 Å². The molecule has 0 radical (unpaired) electrons. The van der Waals surface area contributed by atoms with Crippen LogP contribution in [-0.2, 0) is 9.53 Å². The molecule has 3 rings (SSSR count). The van der Waals surface area contributed by atoms with Crippen molar-refractivity contribution < 1.29 is 28.7 Å². The normalized spacial score (nSPS) is 13.0. The lowest BCUT2D eigenvalue weighted by Crippen LogP contribution is -2.37. The molecular formula is C18H16N2O7. The first-order valence-corrected chi connectivity index (χ1v) is 8.00. The minimum Gasteiger partial charge on any atom is -0.454 e. The van der Waals surface area contributed by atoms with Crippen molar-refractivity contribution in [1.82, 2.24) is 0 Å². The van der Waals surface area contributed by atoms with Crippen LogP contribution in [0, 0.1) is 10.1 Å². The molecule has 0 fully saturated rings. The molecule has 0 saturated heterocycles. The third-order valence-corrected chi connectivity index (χ3v) is 4.01. The van der Waals surface area contributed by atoms with Gasteiger partial charge in [-0.15, -0.1) is 0 Å². The molecule has 0 N–H and O–H groups in total. The van der Waals surface area contributed by atoms with Crippen LogP contribution in [0.25, 0.3) is 0 Å². The number of hydrogen-bond acceptors (Lipinski definition) is 7. The van der Waals surface area contributed by atoms with E-state index in [0.717, 1.165) is 6.07 Å². The van der Waals surface area contributed by atoms with Gasteiger partial charge in [0.25, 0.3) is 11.6 Å². The second-order valence-electron chi connectivity index (χ2n) is 5.76. The molecule has 27 heavy (non-hydrogen) atoms. The Balaban J connectivity index is 1.79. The van der Waals surface area contributed by atoms with Gasteiger partial charge in [-0.2, -0.15) is 0 Å². The lowest BCUT2D eigenvalue weighted by atomic mass is 10.1. The van der Waals surface area contributed by atoms with Crippen molar-refractivity contribution in [2.24, 2.45) is 0 Å². The predicted molar refractivity (Wildman–Crippen MR) is 93.9 cm³/mol. The van der Waals surface area contributed by atoms with Crippen LogP contribution in [0.1, 0.15) is 17.3 Å². The number of anilines is 1. The van der Waals surface area contributed by atoms with Crippen molar-refractivity contribution >= 4 is 23.3 Å². The molecule has 140 valence electrons. The topological polar surface area (TPSA) is 108 Å². The minimum atomic E-state index is -1.15. The predicted octanol–water partition coefficient (Wildman–Crippen LogP) is 2.53. The van der Waals surface area contributed by atoms with E-state index >= 15 is 0 Å². The summed E-state index contributed by atoms with van der Waals surface area (Å²) in [5.74, 6) is -1.10. The second kappa shape index (κ2) is 7.32. The van der Waals surface area contributed by atoms with Gasteiger partial charge < -0.3 is 19.1 Å². The average molecular weight is 372 g/mol. The first-order valence-electron chi connectivity index (χ1n) is 8.00. The standard InChI is InChI=1S/C18H16N2O7/c1-11(17(21)19(2)12-6-4-3-5-7-12)27-18(22)13-8-15-16(26-10-25-15)9-14(13)20(23)24/h3-9,11H,10H2,1-2H3.